The van der Waals surface area contributed by atoms with Gasteiger partial charge in [0.15, 0.2) is 0 Å². The van der Waals surface area contributed by atoms with Gasteiger partial charge in [-0.3, -0.25) is 4.79 Å². The molecule has 3 rings (SSSR count). The minimum Gasteiger partial charge on any atom is -0.338 e. The van der Waals surface area contributed by atoms with Gasteiger partial charge in [-0.2, -0.15) is 0 Å². The predicted molar refractivity (Wildman–Crippen MR) is 93.6 cm³/mol. The van der Waals surface area contributed by atoms with Gasteiger partial charge in [0.1, 0.15) is 5.82 Å². The van der Waals surface area contributed by atoms with Crippen LogP contribution in [0.1, 0.15) is 30.2 Å². The second-order valence-electron chi connectivity index (χ2n) is 6.09. The Morgan fingerprint density at radius 2 is 2.09 bits per heavy atom. The highest BCUT2D eigenvalue weighted by atomic mass is 32.1. The fourth-order valence-corrected chi connectivity index (χ4v) is 3.67. The van der Waals surface area contributed by atoms with Crippen molar-refractivity contribution in [2.24, 2.45) is 5.92 Å². The van der Waals surface area contributed by atoms with Crippen LogP contribution in [0.25, 0.3) is 11.6 Å². The van der Waals surface area contributed by atoms with E-state index in [1.807, 2.05) is 28.5 Å². The molecular weight excluding hydrogens is 309 g/mol. The SMILES string of the molecule is C[C@@H]1CCCN(C(=O)/C(=C\c2ccc(F)cc2)c2cccs2)C1. The summed E-state index contributed by atoms with van der Waals surface area (Å²) in [6, 6.07) is 10.2. The fourth-order valence-electron chi connectivity index (χ4n) is 2.94. The molecule has 1 saturated heterocycles. The van der Waals surface area contributed by atoms with Crippen molar-refractivity contribution in [2.75, 3.05) is 13.1 Å². The van der Waals surface area contributed by atoms with E-state index in [9.17, 15) is 9.18 Å². The molecule has 2 heterocycles. The molecule has 0 bridgehead atoms. The Morgan fingerprint density at radius 3 is 2.74 bits per heavy atom. The lowest BCUT2D eigenvalue weighted by Crippen LogP contribution is -2.39. The van der Waals surface area contributed by atoms with Crippen molar-refractivity contribution in [1.29, 1.82) is 0 Å². The van der Waals surface area contributed by atoms with Crippen molar-refractivity contribution in [2.45, 2.75) is 19.8 Å². The summed E-state index contributed by atoms with van der Waals surface area (Å²) in [6.07, 6.45) is 4.11. The summed E-state index contributed by atoms with van der Waals surface area (Å²) < 4.78 is 13.1. The van der Waals surface area contributed by atoms with Crippen molar-refractivity contribution >= 4 is 28.9 Å². The zero-order valence-corrected chi connectivity index (χ0v) is 14.0. The van der Waals surface area contributed by atoms with Gasteiger partial charge >= 0.3 is 0 Å². The molecule has 120 valence electrons. The average molecular weight is 329 g/mol. The second kappa shape index (κ2) is 7.09. The van der Waals surface area contributed by atoms with Crippen molar-refractivity contribution in [1.82, 2.24) is 4.90 Å². The molecule has 2 aromatic rings. The minimum atomic E-state index is -0.268. The maximum atomic E-state index is 13.1. The standard InChI is InChI=1S/C19H20FNOS/c1-14-4-2-10-21(13-14)19(22)17(18-5-3-11-23-18)12-15-6-8-16(20)9-7-15/h3,5-9,11-12,14H,2,4,10,13H2,1H3/b17-12-/t14-/m1/s1. The number of nitrogens with zero attached hydrogens (tertiary/aromatic N) is 1. The molecule has 1 atom stereocenters. The second-order valence-corrected chi connectivity index (χ2v) is 7.03. The van der Waals surface area contributed by atoms with Gasteiger partial charge in [0.25, 0.3) is 5.91 Å². The molecule has 1 aromatic carbocycles. The fraction of sp³-hybridized carbons (Fsp3) is 0.316. The number of rotatable bonds is 3. The Kier molecular flexibility index (Phi) is 4.91. The van der Waals surface area contributed by atoms with Crippen molar-refractivity contribution in [3.05, 3.63) is 58.0 Å². The van der Waals surface area contributed by atoms with Crippen molar-refractivity contribution < 1.29 is 9.18 Å². The van der Waals surface area contributed by atoms with Crippen LogP contribution >= 0.6 is 11.3 Å². The predicted octanol–water partition coefficient (Wildman–Crippen LogP) is 4.69. The van der Waals surface area contributed by atoms with E-state index < -0.39 is 0 Å². The third-order valence-corrected chi connectivity index (χ3v) is 5.05. The number of carbonyl (C=O) groups is 1. The lowest BCUT2D eigenvalue weighted by Gasteiger charge is -2.31. The molecule has 1 aromatic heterocycles. The van der Waals surface area contributed by atoms with Gasteiger partial charge in [0.05, 0.1) is 5.57 Å². The molecule has 0 saturated carbocycles. The van der Waals surface area contributed by atoms with Crippen LogP contribution in [-0.4, -0.2) is 23.9 Å². The van der Waals surface area contributed by atoms with E-state index in [-0.39, 0.29) is 11.7 Å². The van der Waals surface area contributed by atoms with E-state index >= 15 is 0 Å². The van der Waals surface area contributed by atoms with Crippen LogP contribution in [0.2, 0.25) is 0 Å². The number of likely N-dealkylation sites (tertiary alicyclic amines) is 1. The molecule has 0 radical (unpaired) electrons. The molecule has 0 unspecified atom stereocenters. The Hall–Kier alpha value is -1.94. The first-order valence-corrected chi connectivity index (χ1v) is 8.82. The number of halogens is 1. The van der Waals surface area contributed by atoms with Gasteiger partial charge in [0, 0.05) is 18.0 Å². The smallest absolute Gasteiger partial charge is 0.255 e. The maximum Gasteiger partial charge on any atom is 0.255 e. The minimum absolute atomic E-state index is 0.0725. The molecule has 2 nitrogen and oxygen atoms in total. The van der Waals surface area contributed by atoms with E-state index in [0.29, 0.717) is 11.5 Å². The van der Waals surface area contributed by atoms with Crippen LogP contribution in [-0.2, 0) is 4.79 Å². The lowest BCUT2D eigenvalue weighted by molar-refractivity contribution is -0.126. The highest BCUT2D eigenvalue weighted by Gasteiger charge is 2.24. The number of amides is 1. The van der Waals surface area contributed by atoms with Crippen LogP contribution in [0.15, 0.2) is 41.8 Å². The third kappa shape index (κ3) is 3.88. The molecule has 0 N–H and O–H groups in total. The Labute approximate surface area is 140 Å². The van der Waals surface area contributed by atoms with E-state index in [1.165, 1.54) is 18.6 Å². The maximum absolute atomic E-state index is 13.1. The normalized spacial score (nSPS) is 19.0. The number of carbonyl (C=O) groups excluding carboxylic acids is 1. The summed E-state index contributed by atoms with van der Waals surface area (Å²) in [5.41, 5.74) is 1.54. The number of hydrogen-bond donors (Lipinski definition) is 0. The molecule has 0 aliphatic carbocycles. The van der Waals surface area contributed by atoms with E-state index in [4.69, 9.17) is 0 Å². The highest BCUT2D eigenvalue weighted by Crippen LogP contribution is 2.27. The average Bonchev–Trinajstić information content (AvgIpc) is 3.08. The Balaban J connectivity index is 1.92. The van der Waals surface area contributed by atoms with E-state index in [2.05, 4.69) is 6.92 Å². The van der Waals surface area contributed by atoms with Crippen LogP contribution in [0, 0.1) is 11.7 Å². The van der Waals surface area contributed by atoms with Gasteiger partial charge in [0.2, 0.25) is 0 Å². The first kappa shape index (κ1) is 15.9. The number of piperidine rings is 1. The molecule has 1 fully saturated rings. The topological polar surface area (TPSA) is 20.3 Å². The van der Waals surface area contributed by atoms with Crippen LogP contribution in [0.4, 0.5) is 4.39 Å². The highest BCUT2D eigenvalue weighted by molar-refractivity contribution is 7.11. The summed E-state index contributed by atoms with van der Waals surface area (Å²) in [7, 11) is 0. The van der Waals surface area contributed by atoms with Gasteiger partial charge in [-0.05, 0) is 54.0 Å². The summed E-state index contributed by atoms with van der Waals surface area (Å²) in [6.45, 7) is 3.81. The molecule has 23 heavy (non-hydrogen) atoms. The monoisotopic (exact) mass is 329 g/mol. The molecule has 1 amide bonds. The lowest BCUT2D eigenvalue weighted by atomic mass is 9.99. The Bertz CT molecular complexity index is 691. The number of benzene rings is 1. The van der Waals surface area contributed by atoms with Gasteiger partial charge in [-0.25, -0.2) is 4.39 Å². The first-order valence-electron chi connectivity index (χ1n) is 7.94. The third-order valence-electron chi connectivity index (χ3n) is 4.14. The van der Waals surface area contributed by atoms with Gasteiger partial charge in [-0.15, -0.1) is 11.3 Å². The van der Waals surface area contributed by atoms with E-state index in [0.717, 1.165) is 30.0 Å². The molecular formula is C19H20FNOS. The summed E-state index contributed by atoms with van der Waals surface area (Å²) in [5, 5.41) is 1.97. The quantitative estimate of drug-likeness (QED) is 0.748. The van der Waals surface area contributed by atoms with Crippen LogP contribution < -0.4 is 0 Å². The molecule has 1 aliphatic heterocycles. The summed E-state index contributed by atoms with van der Waals surface area (Å²) in [5.74, 6) is 0.349. The van der Waals surface area contributed by atoms with Crippen LogP contribution in [0.5, 0.6) is 0 Å². The zero-order valence-electron chi connectivity index (χ0n) is 13.2. The zero-order chi connectivity index (χ0) is 16.2. The molecule has 1 aliphatic rings. The Morgan fingerprint density at radius 1 is 1.30 bits per heavy atom. The summed E-state index contributed by atoms with van der Waals surface area (Å²) in [4.78, 5) is 15.9. The van der Waals surface area contributed by atoms with Gasteiger partial charge < -0.3 is 4.90 Å². The van der Waals surface area contributed by atoms with Crippen molar-refractivity contribution in [3.63, 3.8) is 0 Å². The van der Waals surface area contributed by atoms with Gasteiger partial charge in [-0.1, -0.05) is 25.1 Å². The molecule has 0 spiro atoms. The number of hydrogen-bond acceptors (Lipinski definition) is 2. The first-order chi connectivity index (χ1) is 11.1. The number of thiophene rings is 1. The van der Waals surface area contributed by atoms with Crippen LogP contribution in [0.3, 0.4) is 0 Å². The largest absolute Gasteiger partial charge is 0.338 e. The van der Waals surface area contributed by atoms with Crippen molar-refractivity contribution in [3.8, 4) is 0 Å². The van der Waals surface area contributed by atoms with E-state index in [1.54, 1.807) is 23.5 Å². The molecule has 4 heteroatoms. The summed E-state index contributed by atoms with van der Waals surface area (Å²) >= 11 is 1.56.